The van der Waals surface area contributed by atoms with Gasteiger partial charge in [0.25, 0.3) is 6.01 Å². The minimum Gasteiger partial charge on any atom is -0.423 e. The number of hydrogen-bond donors (Lipinski definition) is 2. The van der Waals surface area contributed by atoms with Crippen LogP contribution in [0.2, 0.25) is 0 Å². The zero-order chi connectivity index (χ0) is 13.8. The van der Waals surface area contributed by atoms with Crippen molar-refractivity contribution in [3.8, 4) is 0 Å². The van der Waals surface area contributed by atoms with Crippen LogP contribution in [0.4, 0.5) is 11.7 Å². The van der Waals surface area contributed by atoms with Crippen molar-refractivity contribution in [2.45, 2.75) is 32.7 Å². The van der Waals surface area contributed by atoms with Gasteiger partial charge in [-0.2, -0.15) is 4.98 Å². The molecule has 2 rings (SSSR count). The van der Waals surface area contributed by atoms with E-state index in [0.717, 1.165) is 23.9 Å². The number of fused-ring (bicyclic) bond motifs is 1. The van der Waals surface area contributed by atoms with E-state index in [1.165, 1.54) is 0 Å². The van der Waals surface area contributed by atoms with Crippen molar-refractivity contribution in [1.29, 1.82) is 0 Å². The van der Waals surface area contributed by atoms with Gasteiger partial charge in [-0.05, 0) is 31.0 Å². The molecule has 104 valence electrons. The quantitative estimate of drug-likeness (QED) is 0.783. The molecule has 3 N–H and O–H groups in total. The fraction of sp³-hybridized carbons (Fsp3) is 0.500. The number of nitrogens with zero attached hydrogens (tertiary/aromatic N) is 2. The summed E-state index contributed by atoms with van der Waals surface area (Å²) >= 11 is 0. The molecule has 0 radical (unpaired) electrons. The van der Waals surface area contributed by atoms with Gasteiger partial charge in [-0.3, -0.25) is 0 Å². The molecule has 0 amide bonds. The van der Waals surface area contributed by atoms with Gasteiger partial charge in [0.2, 0.25) is 0 Å². The molecule has 1 aromatic carbocycles. The first kappa shape index (κ1) is 13.7. The molecule has 0 aliphatic rings. The van der Waals surface area contributed by atoms with Crippen molar-refractivity contribution >= 4 is 22.8 Å². The molecule has 0 bridgehead atoms. The number of nitrogen functional groups attached to an aromatic ring is 1. The second-order valence-electron chi connectivity index (χ2n) is 4.61. The number of aliphatic hydroxyl groups is 1. The van der Waals surface area contributed by atoms with E-state index in [-0.39, 0.29) is 6.61 Å². The zero-order valence-corrected chi connectivity index (χ0v) is 11.5. The van der Waals surface area contributed by atoms with E-state index in [1.807, 2.05) is 11.0 Å². The van der Waals surface area contributed by atoms with Crippen LogP contribution < -0.4 is 10.6 Å². The summed E-state index contributed by atoms with van der Waals surface area (Å²) in [7, 11) is 0. The second kappa shape index (κ2) is 5.93. The predicted octanol–water partition coefficient (Wildman–Crippen LogP) is 2.40. The minimum absolute atomic E-state index is 0.0807. The molecule has 0 saturated carbocycles. The highest BCUT2D eigenvalue weighted by Crippen LogP contribution is 2.26. The smallest absolute Gasteiger partial charge is 0.298 e. The van der Waals surface area contributed by atoms with E-state index < -0.39 is 0 Å². The van der Waals surface area contributed by atoms with Gasteiger partial charge in [0.1, 0.15) is 5.52 Å². The van der Waals surface area contributed by atoms with Gasteiger partial charge >= 0.3 is 0 Å². The summed E-state index contributed by atoms with van der Waals surface area (Å²) in [6, 6.07) is 6.29. The number of oxazole rings is 1. The van der Waals surface area contributed by atoms with Crippen molar-refractivity contribution in [3.05, 3.63) is 18.2 Å². The molecule has 2 aromatic rings. The number of aromatic nitrogens is 1. The standard InChI is InChI=1S/C14H21N3O2/c1-3-11(4-2)17(7-8-18)14-16-12-9-10(15)5-6-13(12)19-14/h5-6,9,11,18H,3-4,7-8,15H2,1-2H3. The van der Waals surface area contributed by atoms with Crippen LogP contribution in [0.3, 0.4) is 0 Å². The molecular formula is C14H21N3O2. The number of rotatable bonds is 6. The predicted molar refractivity (Wildman–Crippen MR) is 77.2 cm³/mol. The minimum atomic E-state index is 0.0807. The van der Waals surface area contributed by atoms with Gasteiger partial charge in [0.05, 0.1) is 6.61 Å². The fourth-order valence-corrected chi connectivity index (χ4v) is 2.33. The summed E-state index contributed by atoms with van der Waals surface area (Å²) in [4.78, 5) is 6.50. The van der Waals surface area contributed by atoms with Crippen LogP contribution in [0.1, 0.15) is 26.7 Å². The van der Waals surface area contributed by atoms with Gasteiger partial charge in [-0.25, -0.2) is 0 Å². The summed E-state index contributed by atoms with van der Waals surface area (Å²) in [5.41, 5.74) is 7.89. The Morgan fingerprint density at radius 1 is 1.37 bits per heavy atom. The molecule has 5 nitrogen and oxygen atoms in total. The van der Waals surface area contributed by atoms with Crippen LogP contribution in [0.25, 0.3) is 11.1 Å². The third kappa shape index (κ3) is 2.81. The maximum atomic E-state index is 9.23. The summed E-state index contributed by atoms with van der Waals surface area (Å²) in [6.45, 7) is 4.85. The highest BCUT2D eigenvalue weighted by Gasteiger charge is 2.20. The van der Waals surface area contributed by atoms with Crippen LogP contribution in [0.5, 0.6) is 0 Å². The number of hydrogen-bond acceptors (Lipinski definition) is 5. The Labute approximate surface area is 113 Å². The van der Waals surface area contributed by atoms with Crippen molar-refractivity contribution in [2.75, 3.05) is 23.8 Å². The molecule has 0 spiro atoms. The van der Waals surface area contributed by atoms with E-state index in [4.69, 9.17) is 10.2 Å². The first-order valence-corrected chi connectivity index (χ1v) is 6.73. The topological polar surface area (TPSA) is 75.5 Å². The Bertz CT molecular complexity index is 534. The van der Waals surface area contributed by atoms with Gasteiger partial charge in [-0.1, -0.05) is 13.8 Å². The Balaban J connectivity index is 2.38. The summed E-state index contributed by atoms with van der Waals surface area (Å²) < 4.78 is 5.77. The summed E-state index contributed by atoms with van der Waals surface area (Å²) in [5, 5.41) is 9.23. The second-order valence-corrected chi connectivity index (χ2v) is 4.61. The molecule has 0 aliphatic heterocycles. The first-order chi connectivity index (χ1) is 9.19. The summed E-state index contributed by atoms with van der Waals surface area (Å²) in [5.74, 6) is 0. The van der Waals surface area contributed by atoms with E-state index in [0.29, 0.717) is 24.3 Å². The number of anilines is 2. The molecule has 19 heavy (non-hydrogen) atoms. The number of benzene rings is 1. The molecule has 0 aliphatic carbocycles. The highest BCUT2D eigenvalue weighted by atomic mass is 16.4. The van der Waals surface area contributed by atoms with Crippen LogP contribution in [0.15, 0.2) is 22.6 Å². The average molecular weight is 263 g/mol. The normalized spacial score (nSPS) is 11.4. The molecule has 5 heteroatoms. The largest absolute Gasteiger partial charge is 0.423 e. The monoisotopic (exact) mass is 263 g/mol. The Morgan fingerprint density at radius 2 is 2.11 bits per heavy atom. The average Bonchev–Trinajstić information content (AvgIpc) is 2.81. The lowest BCUT2D eigenvalue weighted by Crippen LogP contribution is -2.37. The lowest BCUT2D eigenvalue weighted by Gasteiger charge is -2.28. The van der Waals surface area contributed by atoms with Crippen LogP contribution in [0, 0.1) is 0 Å². The Morgan fingerprint density at radius 3 is 2.74 bits per heavy atom. The Kier molecular flexibility index (Phi) is 4.27. The van der Waals surface area contributed by atoms with E-state index in [2.05, 4.69) is 18.8 Å². The first-order valence-electron chi connectivity index (χ1n) is 6.73. The van der Waals surface area contributed by atoms with Crippen molar-refractivity contribution < 1.29 is 9.52 Å². The maximum Gasteiger partial charge on any atom is 0.298 e. The van der Waals surface area contributed by atoms with Crippen LogP contribution in [-0.2, 0) is 0 Å². The summed E-state index contributed by atoms with van der Waals surface area (Å²) in [6.07, 6.45) is 1.97. The molecular weight excluding hydrogens is 242 g/mol. The lowest BCUT2D eigenvalue weighted by molar-refractivity contribution is 0.292. The lowest BCUT2D eigenvalue weighted by atomic mass is 10.1. The van der Waals surface area contributed by atoms with E-state index in [1.54, 1.807) is 12.1 Å². The fourth-order valence-electron chi connectivity index (χ4n) is 2.33. The molecule has 0 saturated heterocycles. The van der Waals surface area contributed by atoms with Crippen LogP contribution >= 0.6 is 0 Å². The van der Waals surface area contributed by atoms with Crippen molar-refractivity contribution in [1.82, 2.24) is 4.98 Å². The van der Waals surface area contributed by atoms with Gasteiger partial charge in [0, 0.05) is 18.3 Å². The van der Waals surface area contributed by atoms with Gasteiger partial charge in [0.15, 0.2) is 5.58 Å². The van der Waals surface area contributed by atoms with Crippen LogP contribution in [-0.4, -0.2) is 29.3 Å². The third-order valence-corrected chi connectivity index (χ3v) is 3.37. The van der Waals surface area contributed by atoms with E-state index in [9.17, 15) is 5.11 Å². The molecule has 1 heterocycles. The molecule has 1 aromatic heterocycles. The van der Waals surface area contributed by atoms with Gasteiger partial charge < -0.3 is 20.2 Å². The van der Waals surface area contributed by atoms with E-state index >= 15 is 0 Å². The number of nitrogens with two attached hydrogens (primary N) is 1. The Hall–Kier alpha value is -1.75. The third-order valence-electron chi connectivity index (χ3n) is 3.37. The molecule has 0 fully saturated rings. The highest BCUT2D eigenvalue weighted by molar-refractivity contribution is 5.78. The van der Waals surface area contributed by atoms with Crippen molar-refractivity contribution in [3.63, 3.8) is 0 Å². The molecule has 0 unspecified atom stereocenters. The maximum absolute atomic E-state index is 9.23. The molecule has 0 atom stereocenters. The SMILES string of the molecule is CCC(CC)N(CCO)c1nc2cc(N)ccc2o1. The van der Waals surface area contributed by atoms with Crippen molar-refractivity contribution in [2.24, 2.45) is 0 Å². The number of aliphatic hydroxyl groups excluding tert-OH is 1. The van der Waals surface area contributed by atoms with Gasteiger partial charge in [-0.15, -0.1) is 0 Å². The zero-order valence-electron chi connectivity index (χ0n) is 11.5.